The van der Waals surface area contributed by atoms with Crippen molar-refractivity contribution >= 4 is 0 Å². The summed E-state index contributed by atoms with van der Waals surface area (Å²) in [5.41, 5.74) is 0.817. The zero-order valence-electron chi connectivity index (χ0n) is 11.3. The van der Waals surface area contributed by atoms with Gasteiger partial charge in [-0.1, -0.05) is 44.2 Å². The Balaban J connectivity index is 2.39. The Morgan fingerprint density at radius 2 is 1.89 bits per heavy atom. The number of hydrogen-bond donors (Lipinski definition) is 1. The largest absolute Gasteiger partial charge is 0.497 e. The molecule has 0 radical (unpaired) electrons. The van der Waals surface area contributed by atoms with Gasteiger partial charge in [0.1, 0.15) is 11.9 Å². The molecule has 0 amide bonds. The third-order valence-electron chi connectivity index (χ3n) is 2.83. The highest BCUT2D eigenvalue weighted by atomic mass is 16.5. The molecule has 0 aliphatic rings. The van der Waals surface area contributed by atoms with E-state index in [0.717, 1.165) is 24.2 Å². The standard InChI is InChI=1S/C16H22O2/c1-3-4-5-6-7-8-9-16(17)14-10-12-15(18-2)13-11-14/h10-13,16-17H,3-7H2,1-2H3. The van der Waals surface area contributed by atoms with Crippen LogP contribution in [0.2, 0.25) is 0 Å². The van der Waals surface area contributed by atoms with Crippen LogP contribution in [0.5, 0.6) is 5.75 Å². The summed E-state index contributed by atoms with van der Waals surface area (Å²) in [6.07, 6.45) is 5.03. The van der Waals surface area contributed by atoms with Crippen molar-refractivity contribution in [2.75, 3.05) is 7.11 Å². The van der Waals surface area contributed by atoms with Crippen LogP contribution in [-0.2, 0) is 0 Å². The number of ether oxygens (including phenoxy) is 1. The van der Waals surface area contributed by atoms with Gasteiger partial charge in [0.25, 0.3) is 0 Å². The Morgan fingerprint density at radius 1 is 1.17 bits per heavy atom. The van der Waals surface area contributed by atoms with E-state index < -0.39 is 6.10 Å². The van der Waals surface area contributed by atoms with Crippen molar-refractivity contribution in [3.8, 4) is 17.6 Å². The quantitative estimate of drug-likeness (QED) is 0.612. The molecule has 18 heavy (non-hydrogen) atoms. The van der Waals surface area contributed by atoms with Crippen LogP contribution in [0.25, 0.3) is 0 Å². The van der Waals surface area contributed by atoms with Gasteiger partial charge in [0, 0.05) is 6.42 Å². The Morgan fingerprint density at radius 3 is 2.50 bits per heavy atom. The van der Waals surface area contributed by atoms with Gasteiger partial charge in [-0.3, -0.25) is 0 Å². The number of rotatable bonds is 6. The van der Waals surface area contributed by atoms with E-state index in [9.17, 15) is 5.11 Å². The van der Waals surface area contributed by atoms with Crippen molar-refractivity contribution < 1.29 is 9.84 Å². The second kappa shape index (κ2) is 8.60. The maximum Gasteiger partial charge on any atom is 0.140 e. The van der Waals surface area contributed by atoms with E-state index in [0.29, 0.717) is 0 Å². The van der Waals surface area contributed by atoms with Crippen molar-refractivity contribution in [3.63, 3.8) is 0 Å². The van der Waals surface area contributed by atoms with Gasteiger partial charge in [-0.25, -0.2) is 0 Å². The zero-order chi connectivity index (χ0) is 13.2. The maximum absolute atomic E-state index is 9.87. The lowest BCUT2D eigenvalue weighted by molar-refractivity contribution is 0.238. The van der Waals surface area contributed by atoms with Crippen LogP contribution in [0.3, 0.4) is 0 Å². The maximum atomic E-state index is 9.87. The molecule has 98 valence electrons. The van der Waals surface area contributed by atoms with Crippen LogP contribution in [0.15, 0.2) is 24.3 Å². The van der Waals surface area contributed by atoms with Crippen LogP contribution in [0, 0.1) is 11.8 Å². The number of aliphatic hydroxyl groups is 1. The second-order valence-corrected chi connectivity index (χ2v) is 4.31. The average Bonchev–Trinajstić information content (AvgIpc) is 2.42. The molecule has 0 fully saturated rings. The summed E-state index contributed by atoms with van der Waals surface area (Å²) < 4.78 is 5.07. The van der Waals surface area contributed by atoms with E-state index >= 15 is 0 Å². The minimum atomic E-state index is -0.693. The van der Waals surface area contributed by atoms with Crippen LogP contribution >= 0.6 is 0 Å². The van der Waals surface area contributed by atoms with Gasteiger partial charge in [0.15, 0.2) is 0 Å². The van der Waals surface area contributed by atoms with Gasteiger partial charge in [-0.15, -0.1) is 5.92 Å². The summed E-state index contributed by atoms with van der Waals surface area (Å²) in [6.45, 7) is 2.19. The van der Waals surface area contributed by atoms with Crippen LogP contribution in [0.1, 0.15) is 50.7 Å². The first-order valence-electron chi connectivity index (χ1n) is 6.58. The van der Waals surface area contributed by atoms with Crippen molar-refractivity contribution in [1.82, 2.24) is 0 Å². The van der Waals surface area contributed by atoms with Crippen LogP contribution < -0.4 is 4.74 Å². The molecule has 1 aromatic rings. The van der Waals surface area contributed by atoms with Gasteiger partial charge in [0.2, 0.25) is 0 Å². The van der Waals surface area contributed by atoms with Crippen molar-refractivity contribution in [1.29, 1.82) is 0 Å². The van der Waals surface area contributed by atoms with Gasteiger partial charge < -0.3 is 9.84 Å². The molecular weight excluding hydrogens is 224 g/mol. The molecule has 1 aromatic carbocycles. The molecule has 0 aliphatic carbocycles. The molecule has 0 aliphatic heterocycles. The first-order valence-corrected chi connectivity index (χ1v) is 6.58. The Labute approximate surface area is 110 Å². The Kier molecular flexibility index (Phi) is 6.98. The smallest absolute Gasteiger partial charge is 0.140 e. The lowest BCUT2D eigenvalue weighted by atomic mass is 10.1. The van der Waals surface area contributed by atoms with E-state index in [1.54, 1.807) is 7.11 Å². The van der Waals surface area contributed by atoms with Crippen LogP contribution in [0.4, 0.5) is 0 Å². The fourth-order valence-electron chi connectivity index (χ4n) is 1.68. The van der Waals surface area contributed by atoms with E-state index in [-0.39, 0.29) is 0 Å². The minimum Gasteiger partial charge on any atom is -0.497 e. The number of unbranched alkanes of at least 4 members (excludes halogenated alkanes) is 4. The van der Waals surface area contributed by atoms with Gasteiger partial charge in [0.05, 0.1) is 7.11 Å². The van der Waals surface area contributed by atoms with Crippen molar-refractivity contribution in [2.45, 2.75) is 45.1 Å². The third-order valence-corrected chi connectivity index (χ3v) is 2.83. The molecule has 1 unspecified atom stereocenters. The molecule has 1 atom stereocenters. The molecule has 0 saturated heterocycles. The van der Waals surface area contributed by atoms with E-state index in [1.807, 2.05) is 24.3 Å². The first-order chi connectivity index (χ1) is 8.77. The molecule has 0 spiro atoms. The first kappa shape index (κ1) is 14.6. The zero-order valence-corrected chi connectivity index (χ0v) is 11.3. The molecular formula is C16H22O2. The fraction of sp³-hybridized carbons (Fsp3) is 0.500. The summed E-state index contributed by atoms with van der Waals surface area (Å²) in [4.78, 5) is 0. The predicted octanol–water partition coefficient (Wildman–Crippen LogP) is 3.70. The van der Waals surface area contributed by atoms with Crippen molar-refractivity contribution in [2.24, 2.45) is 0 Å². The molecule has 0 heterocycles. The molecule has 2 nitrogen and oxygen atoms in total. The van der Waals surface area contributed by atoms with E-state index in [2.05, 4.69) is 18.8 Å². The number of hydrogen-bond acceptors (Lipinski definition) is 2. The Bertz CT molecular complexity index is 384. The minimum absolute atomic E-state index is 0.693. The van der Waals surface area contributed by atoms with Crippen LogP contribution in [-0.4, -0.2) is 12.2 Å². The molecule has 0 aromatic heterocycles. The lowest BCUT2D eigenvalue weighted by Gasteiger charge is -2.04. The van der Waals surface area contributed by atoms with E-state index in [4.69, 9.17) is 4.74 Å². The third kappa shape index (κ3) is 5.25. The topological polar surface area (TPSA) is 29.5 Å². The van der Waals surface area contributed by atoms with Gasteiger partial charge >= 0.3 is 0 Å². The number of methoxy groups -OCH3 is 1. The monoisotopic (exact) mass is 246 g/mol. The highest BCUT2D eigenvalue weighted by Gasteiger charge is 2.02. The normalized spacial score (nSPS) is 11.5. The Hall–Kier alpha value is -1.46. The molecule has 2 heteroatoms. The second-order valence-electron chi connectivity index (χ2n) is 4.31. The lowest BCUT2D eigenvalue weighted by Crippen LogP contribution is -1.93. The summed E-state index contributed by atoms with van der Waals surface area (Å²) >= 11 is 0. The molecule has 0 bridgehead atoms. The summed E-state index contributed by atoms with van der Waals surface area (Å²) in [5, 5.41) is 9.87. The molecule has 1 rings (SSSR count). The fourth-order valence-corrected chi connectivity index (χ4v) is 1.68. The van der Waals surface area contributed by atoms with Gasteiger partial charge in [-0.05, 0) is 24.1 Å². The predicted molar refractivity (Wildman–Crippen MR) is 74.5 cm³/mol. The summed E-state index contributed by atoms with van der Waals surface area (Å²) in [7, 11) is 1.63. The summed E-state index contributed by atoms with van der Waals surface area (Å²) in [6, 6.07) is 7.35. The van der Waals surface area contributed by atoms with E-state index in [1.165, 1.54) is 19.3 Å². The molecule has 1 N–H and O–H groups in total. The van der Waals surface area contributed by atoms with Gasteiger partial charge in [-0.2, -0.15) is 0 Å². The number of benzene rings is 1. The average molecular weight is 246 g/mol. The summed E-state index contributed by atoms with van der Waals surface area (Å²) in [5.74, 6) is 6.71. The SMILES string of the molecule is CCCCCCC#CC(O)c1ccc(OC)cc1. The number of aliphatic hydroxyl groups excluding tert-OH is 1. The van der Waals surface area contributed by atoms with Crippen molar-refractivity contribution in [3.05, 3.63) is 29.8 Å². The molecule has 0 saturated carbocycles. The highest BCUT2D eigenvalue weighted by molar-refractivity contribution is 5.31. The highest BCUT2D eigenvalue weighted by Crippen LogP contribution is 2.16.